The average Bonchev–Trinajstić information content (AvgIpc) is 2.13. The van der Waals surface area contributed by atoms with Gasteiger partial charge in [0.05, 0.1) is 0 Å². The number of unbranched alkanes of at least 4 members (excludes halogenated alkanes) is 3. The van der Waals surface area contributed by atoms with E-state index in [0.717, 1.165) is 11.8 Å². The minimum Gasteiger partial charge on any atom is -0.0654 e. The van der Waals surface area contributed by atoms with Gasteiger partial charge < -0.3 is 0 Å². The van der Waals surface area contributed by atoms with Crippen LogP contribution in [0.5, 0.6) is 0 Å². The van der Waals surface area contributed by atoms with E-state index in [2.05, 4.69) is 13.8 Å². The first-order valence-electron chi connectivity index (χ1n) is 6.33. The molecular weight excluding hydrogens is 156 g/mol. The van der Waals surface area contributed by atoms with Gasteiger partial charge in [-0.15, -0.1) is 0 Å². The van der Waals surface area contributed by atoms with Gasteiger partial charge in [-0.05, 0) is 18.3 Å². The van der Waals surface area contributed by atoms with Crippen LogP contribution in [-0.4, -0.2) is 0 Å². The van der Waals surface area contributed by atoms with Gasteiger partial charge >= 0.3 is 0 Å². The Bertz CT molecular complexity index is 117. The van der Waals surface area contributed by atoms with Gasteiger partial charge in [-0.25, -0.2) is 0 Å². The van der Waals surface area contributed by atoms with Crippen molar-refractivity contribution in [1.82, 2.24) is 0 Å². The Morgan fingerprint density at radius 2 is 1.92 bits per heavy atom. The molecule has 0 heteroatoms. The highest BCUT2D eigenvalue weighted by Gasteiger charge is 2.17. The van der Waals surface area contributed by atoms with E-state index in [-0.39, 0.29) is 0 Å². The summed E-state index contributed by atoms with van der Waals surface area (Å²) in [7, 11) is 0. The molecule has 0 aromatic rings. The molecule has 0 bridgehead atoms. The van der Waals surface area contributed by atoms with Crippen LogP contribution in [0.25, 0.3) is 0 Å². The lowest BCUT2D eigenvalue weighted by Gasteiger charge is -2.26. The maximum Gasteiger partial charge on any atom is -0.0412 e. The molecule has 1 unspecified atom stereocenters. The van der Waals surface area contributed by atoms with Gasteiger partial charge in [-0.2, -0.15) is 0 Å². The normalized spacial score (nSPS) is 29.1. The molecular formula is C13H26. The summed E-state index contributed by atoms with van der Waals surface area (Å²) < 4.78 is 0. The monoisotopic (exact) mass is 182 g/mol. The van der Waals surface area contributed by atoms with Crippen molar-refractivity contribution >= 4 is 0 Å². The quantitative estimate of drug-likeness (QED) is 0.537. The molecule has 1 aliphatic rings. The molecule has 2 atom stereocenters. The van der Waals surface area contributed by atoms with Gasteiger partial charge in [-0.1, -0.05) is 65.2 Å². The maximum absolute atomic E-state index is 2.43. The first kappa shape index (κ1) is 11.1. The third kappa shape index (κ3) is 4.69. The molecule has 0 spiro atoms. The molecule has 0 aromatic carbocycles. The second-order valence-electron chi connectivity index (χ2n) is 4.99. The van der Waals surface area contributed by atoms with Crippen LogP contribution in [-0.2, 0) is 0 Å². The molecule has 0 aromatic heterocycles. The molecule has 1 saturated carbocycles. The predicted octanol–water partition coefficient (Wildman–Crippen LogP) is 4.78. The van der Waals surface area contributed by atoms with E-state index in [1.165, 1.54) is 57.8 Å². The fourth-order valence-corrected chi connectivity index (χ4v) is 2.68. The summed E-state index contributed by atoms with van der Waals surface area (Å²) in [6.07, 6.45) is 13.3. The van der Waals surface area contributed by atoms with Crippen molar-refractivity contribution in [2.24, 2.45) is 11.8 Å². The molecule has 0 heterocycles. The second kappa shape index (κ2) is 6.45. The van der Waals surface area contributed by atoms with Gasteiger partial charge in [-0.3, -0.25) is 0 Å². The van der Waals surface area contributed by atoms with E-state index in [0.29, 0.717) is 0 Å². The lowest BCUT2D eigenvalue weighted by molar-refractivity contribution is 0.264. The Morgan fingerprint density at radius 3 is 2.62 bits per heavy atom. The van der Waals surface area contributed by atoms with Crippen molar-refractivity contribution in [3.8, 4) is 0 Å². The summed E-state index contributed by atoms with van der Waals surface area (Å²) in [6, 6.07) is 0. The van der Waals surface area contributed by atoms with Crippen LogP contribution in [0.15, 0.2) is 0 Å². The van der Waals surface area contributed by atoms with Crippen molar-refractivity contribution < 1.29 is 0 Å². The fraction of sp³-hybridized carbons (Fsp3) is 1.00. The highest BCUT2D eigenvalue weighted by atomic mass is 14.2. The van der Waals surface area contributed by atoms with E-state index in [1.54, 1.807) is 0 Å². The van der Waals surface area contributed by atoms with E-state index in [4.69, 9.17) is 0 Å². The van der Waals surface area contributed by atoms with Crippen LogP contribution < -0.4 is 0 Å². The number of hydrogen-bond acceptors (Lipinski definition) is 0. The summed E-state index contributed by atoms with van der Waals surface area (Å²) in [5.74, 6) is 2.10. The number of rotatable bonds is 5. The smallest absolute Gasteiger partial charge is 0.0412 e. The SMILES string of the molecule is CCCCCCC1CCC[C@H](C)C1. The predicted molar refractivity (Wildman–Crippen MR) is 59.9 cm³/mol. The lowest BCUT2D eigenvalue weighted by Crippen LogP contribution is -2.12. The average molecular weight is 182 g/mol. The Kier molecular flexibility index (Phi) is 5.50. The summed E-state index contributed by atoms with van der Waals surface area (Å²) in [6.45, 7) is 4.72. The molecule has 0 aliphatic heterocycles. The molecule has 0 nitrogen and oxygen atoms in total. The summed E-state index contributed by atoms with van der Waals surface area (Å²) in [4.78, 5) is 0. The van der Waals surface area contributed by atoms with E-state index < -0.39 is 0 Å². The Labute approximate surface area is 84.1 Å². The first-order chi connectivity index (χ1) is 6.33. The zero-order valence-corrected chi connectivity index (χ0v) is 9.52. The van der Waals surface area contributed by atoms with Crippen LogP contribution >= 0.6 is 0 Å². The molecule has 1 fully saturated rings. The second-order valence-corrected chi connectivity index (χ2v) is 4.99. The standard InChI is InChI=1S/C13H26/c1-3-4-5-6-9-13-10-7-8-12(2)11-13/h12-13H,3-11H2,1-2H3/t12-,13?/m0/s1. The number of hydrogen-bond donors (Lipinski definition) is 0. The van der Waals surface area contributed by atoms with Gasteiger partial charge in [0.15, 0.2) is 0 Å². The van der Waals surface area contributed by atoms with E-state index in [9.17, 15) is 0 Å². The third-order valence-electron chi connectivity index (χ3n) is 3.51. The molecule has 13 heavy (non-hydrogen) atoms. The minimum absolute atomic E-state index is 1.02. The van der Waals surface area contributed by atoms with Gasteiger partial charge in [0, 0.05) is 0 Å². The molecule has 78 valence electrons. The van der Waals surface area contributed by atoms with Crippen molar-refractivity contribution in [3.63, 3.8) is 0 Å². The van der Waals surface area contributed by atoms with Crippen LogP contribution in [0.2, 0.25) is 0 Å². The zero-order valence-electron chi connectivity index (χ0n) is 9.52. The van der Waals surface area contributed by atoms with Crippen LogP contribution in [0.1, 0.15) is 71.6 Å². The van der Waals surface area contributed by atoms with Crippen molar-refractivity contribution in [3.05, 3.63) is 0 Å². The molecule has 1 aliphatic carbocycles. The van der Waals surface area contributed by atoms with Crippen molar-refractivity contribution in [1.29, 1.82) is 0 Å². The Morgan fingerprint density at radius 1 is 1.08 bits per heavy atom. The van der Waals surface area contributed by atoms with Crippen LogP contribution in [0, 0.1) is 11.8 Å². The van der Waals surface area contributed by atoms with E-state index in [1.807, 2.05) is 0 Å². The summed E-state index contributed by atoms with van der Waals surface area (Å²) in [5, 5.41) is 0. The minimum atomic E-state index is 1.02. The first-order valence-corrected chi connectivity index (χ1v) is 6.33. The van der Waals surface area contributed by atoms with Crippen LogP contribution in [0.4, 0.5) is 0 Å². The summed E-state index contributed by atoms with van der Waals surface area (Å²) >= 11 is 0. The molecule has 0 radical (unpaired) electrons. The van der Waals surface area contributed by atoms with Gasteiger partial charge in [0.25, 0.3) is 0 Å². The zero-order chi connectivity index (χ0) is 9.52. The topological polar surface area (TPSA) is 0 Å². The summed E-state index contributed by atoms with van der Waals surface area (Å²) in [5.41, 5.74) is 0. The molecule has 1 rings (SSSR count). The van der Waals surface area contributed by atoms with Crippen molar-refractivity contribution in [2.45, 2.75) is 71.6 Å². The van der Waals surface area contributed by atoms with Gasteiger partial charge in [0.2, 0.25) is 0 Å². The maximum atomic E-state index is 2.43. The Balaban J connectivity index is 2.00. The lowest BCUT2D eigenvalue weighted by atomic mass is 9.80. The highest BCUT2D eigenvalue weighted by molar-refractivity contribution is 4.70. The van der Waals surface area contributed by atoms with Crippen LogP contribution in [0.3, 0.4) is 0 Å². The Hall–Kier alpha value is 0. The molecule has 0 amide bonds. The fourth-order valence-electron chi connectivity index (χ4n) is 2.68. The molecule has 0 N–H and O–H groups in total. The highest BCUT2D eigenvalue weighted by Crippen LogP contribution is 2.31. The van der Waals surface area contributed by atoms with E-state index >= 15 is 0 Å². The van der Waals surface area contributed by atoms with Crippen molar-refractivity contribution in [2.75, 3.05) is 0 Å². The largest absolute Gasteiger partial charge is 0.0654 e. The molecule has 0 saturated heterocycles. The third-order valence-corrected chi connectivity index (χ3v) is 3.51. The van der Waals surface area contributed by atoms with Gasteiger partial charge in [0.1, 0.15) is 0 Å².